The highest BCUT2D eigenvalue weighted by Gasteiger charge is 2.06. The molecule has 0 bridgehead atoms. The molecule has 0 saturated heterocycles. The lowest BCUT2D eigenvalue weighted by Crippen LogP contribution is -2.06. The van der Waals surface area contributed by atoms with E-state index in [1.54, 1.807) is 6.20 Å². The molecule has 0 saturated carbocycles. The van der Waals surface area contributed by atoms with E-state index in [0.29, 0.717) is 12.5 Å². The highest BCUT2D eigenvalue weighted by Crippen LogP contribution is 2.19. The topological polar surface area (TPSA) is 62.7 Å². The molecule has 1 aromatic carbocycles. The third-order valence-corrected chi connectivity index (χ3v) is 3.43. The van der Waals surface area contributed by atoms with Crippen LogP contribution >= 0.6 is 0 Å². The Balaban J connectivity index is 1.84. The zero-order chi connectivity index (χ0) is 16.1. The number of anilines is 2. The van der Waals surface area contributed by atoms with Crippen LogP contribution in [0.15, 0.2) is 54.7 Å². The average Bonchev–Trinajstić information content (AvgIpc) is 2.60. The molecule has 0 amide bonds. The summed E-state index contributed by atoms with van der Waals surface area (Å²) >= 11 is 0. The first-order valence-corrected chi connectivity index (χ1v) is 7.52. The van der Waals surface area contributed by atoms with Gasteiger partial charge in [-0.25, -0.2) is 4.98 Å². The fourth-order valence-corrected chi connectivity index (χ4v) is 2.31. The molecule has 0 unspecified atom stereocenters. The van der Waals surface area contributed by atoms with Crippen LogP contribution in [0.25, 0.3) is 11.4 Å². The Morgan fingerprint density at radius 1 is 0.957 bits per heavy atom. The minimum Gasteiger partial charge on any atom is -0.366 e. The molecule has 0 aliphatic carbocycles. The van der Waals surface area contributed by atoms with E-state index in [2.05, 4.69) is 56.8 Å². The van der Waals surface area contributed by atoms with E-state index >= 15 is 0 Å². The van der Waals surface area contributed by atoms with Crippen molar-refractivity contribution in [2.24, 2.45) is 0 Å². The maximum Gasteiger partial charge on any atom is 0.224 e. The van der Waals surface area contributed by atoms with E-state index < -0.39 is 0 Å². The molecule has 0 spiro atoms. The Morgan fingerprint density at radius 2 is 1.87 bits per heavy atom. The maximum absolute atomic E-state index is 4.47. The van der Waals surface area contributed by atoms with Crippen molar-refractivity contribution in [3.63, 3.8) is 0 Å². The number of hydrogen-bond donors (Lipinski definition) is 2. The lowest BCUT2D eigenvalue weighted by atomic mass is 10.1. The second kappa shape index (κ2) is 6.87. The van der Waals surface area contributed by atoms with Crippen LogP contribution in [0.2, 0.25) is 0 Å². The molecular weight excluding hydrogens is 286 g/mol. The van der Waals surface area contributed by atoms with Crippen LogP contribution in [-0.4, -0.2) is 22.0 Å². The standard InChI is InChI=1S/C18H19N5/c1-13-6-5-7-14(10-13)12-21-17-11-16(22-18(19-2)23-17)15-8-3-4-9-20-15/h3-11H,12H2,1-2H3,(H2,19,21,22,23). The third kappa shape index (κ3) is 3.83. The van der Waals surface area contributed by atoms with Gasteiger partial charge in [-0.3, -0.25) is 4.98 Å². The average molecular weight is 305 g/mol. The smallest absolute Gasteiger partial charge is 0.224 e. The van der Waals surface area contributed by atoms with E-state index in [0.717, 1.165) is 17.2 Å². The van der Waals surface area contributed by atoms with E-state index in [9.17, 15) is 0 Å². The van der Waals surface area contributed by atoms with Crippen molar-refractivity contribution in [1.29, 1.82) is 0 Å². The Kier molecular flexibility index (Phi) is 4.47. The minimum absolute atomic E-state index is 0.569. The summed E-state index contributed by atoms with van der Waals surface area (Å²) in [5.74, 6) is 1.34. The van der Waals surface area contributed by atoms with Crippen LogP contribution in [0.5, 0.6) is 0 Å². The number of pyridine rings is 1. The Labute approximate surface area is 135 Å². The molecule has 3 rings (SSSR count). The molecule has 2 aromatic heterocycles. The van der Waals surface area contributed by atoms with Crippen LogP contribution in [0.4, 0.5) is 11.8 Å². The van der Waals surface area contributed by atoms with Gasteiger partial charge in [0.05, 0.1) is 11.4 Å². The van der Waals surface area contributed by atoms with Gasteiger partial charge in [0.2, 0.25) is 5.95 Å². The van der Waals surface area contributed by atoms with Gasteiger partial charge >= 0.3 is 0 Å². The quantitative estimate of drug-likeness (QED) is 0.755. The first kappa shape index (κ1) is 15.0. The van der Waals surface area contributed by atoms with Crippen molar-refractivity contribution < 1.29 is 0 Å². The molecule has 0 aliphatic rings. The van der Waals surface area contributed by atoms with Crippen LogP contribution in [0.1, 0.15) is 11.1 Å². The number of hydrogen-bond acceptors (Lipinski definition) is 5. The highest BCUT2D eigenvalue weighted by atomic mass is 15.1. The Hall–Kier alpha value is -2.95. The summed E-state index contributed by atoms with van der Waals surface area (Å²) in [5.41, 5.74) is 4.08. The molecule has 0 fully saturated rings. The predicted molar refractivity (Wildman–Crippen MR) is 93.3 cm³/mol. The van der Waals surface area contributed by atoms with Crippen LogP contribution in [0, 0.1) is 6.92 Å². The molecule has 0 radical (unpaired) electrons. The van der Waals surface area contributed by atoms with E-state index in [-0.39, 0.29) is 0 Å². The molecule has 0 aliphatic heterocycles. The molecule has 23 heavy (non-hydrogen) atoms. The van der Waals surface area contributed by atoms with Crippen molar-refractivity contribution in [3.8, 4) is 11.4 Å². The predicted octanol–water partition coefficient (Wildman–Crippen LogP) is 3.50. The number of rotatable bonds is 5. The largest absolute Gasteiger partial charge is 0.366 e. The number of benzene rings is 1. The van der Waals surface area contributed by atoms with Gasteiger partial charge in [-0.2, -0.15) is 4.98 Å². The molecule has 3 aromatic rings. The first-order valence-electron chi connectivity index (χ1n) is 7.52. The molecule has 116 valence electrons. The SMILES string of the molecule is CNc1nc(NCc2cccc(C)c2)cc(-c2ccccn2)n1. The van der Waals surface area contributed by atoms with Gasteiger partial charge in [-0.15, -0.1) is 0 Å². The summed E-state index contributed by atoms with van der Waals surface area (Å²) in [4.78, 5) is 13.3. The zero-order valence-corrected chi connectivity index (χ0v) is 13.2. The fourth-order valence-electron chi connectivity index (χ4n) is 2.31. The molecule has 5 heteroatoms. The number of nitrogens with zero attached hydrogens (tertiary/aromatic N) is 3. The summed E-state index contributed by atoms with van der Waals surface area (Å²) in [6, 6.07) is 16.1. The lowest BCUT2D eigenvalue weighted by Gasteiger charge is -2.10. The van der Waals surface area contributed by atoms with E-state index in [1.165, 1.54) is 11.1 Å². The van der Waals surface area contributed by atoms with E-state index in [4.69, 9.17) is 0 Å². The normalized spacial score (nSPS) is 10.3. The summed E-state index contributed by atoms with van der Waals surface area (Å²) < 4.78 is 0. The van der Waals surface area contributed by atoms with Crippen molar-refractivity contribution >= 4 is 11.8 Å². The van der Waals surface area contributed by atoms with Crippen molar-refractivity contribution in [2.75, 3.05) is 17.7 Å². The van der Waals surface area contributed by atoms with Gasteiger partial charge < -0.3 is 10.6 Å². The van der Waals surface area contributed by atoms with Gasteiger partial charge in [0.25, 0.3) is 0 Å². The highest BCUT2D eigenvalue weighted by molar-refractivity contribution is 5.60. The molecule has 2 N–H and O–H groups in total. The first-order chi connectivity index (χ1) is 11.2. The number of aryl methyl sites for hydroxylation is 1. The monoisotopic (exact) mass is 305 g/mol. The summed E-state index contributed by atoms with van der Waals surface area (Å²) in [7, 11) is 1.81. The van der Waals surface area contributed by atoms with Crippen LogP contribution in [0.3, 0.4) is 0 Å². The molecule has 5 nitrogen and oxygen atoms in total. The number of aromatic nitrogens is 3. The second-order valence-corrected chi connectivity index (χ2v) is 5.27. The fraction of sp³-hybridized carbons (Fsp3) is 0.167. The third-order valence-electron chi connectivity index (χ3n) is 3.43. The van der Waals surface area contributed by atoms with Gasteiger partial charge in [0.1, 0.15) is 5.82 Å². The molecule has 0 atom stereocenters. The van der Waals surface area contributed by atoms with Crippen molar-refractivity contribution in [2.45, 2.75) is 13.5 Å². The van der Waals surface area contributed by atoms with Crippen molar-refractivity contribution in [1.82, 2.24) is 15.0 Å². The van der Waals surface area contributed by atoms with Crippen LogP contribution in [-0.2, 0) is 6.54 Å². The molecular formula is C18H19N5. The Morgan fingerprint density at radius 3 is 2.61 bits per heavy atom. The lowest BCUT2D eigenvalue weighted by molar-refractivity contribution is 1.07. The van der Waals surface area contributed by atoms with Gasteiger partial charge in [0, 0.05) is 25.9 Å². The summed E-state index contributed by atoms with van der Waals surface area (Å²) in [5, 5.41) is 6.35. The van der Waals surface area contributed by atoms with E-state index in [1.807, 2.05) is 31.3 Å². The maximum atomic E-state index is 4.47. The van der Waals surface area contributed by atoms with Gasteiger partial charge in [-0.1, -0.05) is 35.9 Å². The molecule has 2 heterocycles. The Bertz CT molecular complexity index is 786. The van der Waals surface area contributed by atoms with Gasteiger partial charge in [0.15, 0.2) is 0 Å². The van der Waals surface area contributed by atoms with Crippen LogP contribution < -0.4 is 10.6 Å². The van der Waals surface area contributed by atoms with Crippen molar-refractivity contribution in [3.05, 3.63) is 65.9 Å². The van der Waals surface area contributed by atoms with Gasteiger partial charge in [-0.05, 0) is 24.6 Å². The summed E-state index contributed by atoms with van der Waals surface area (Å²) in [6.45, 7) is 2.80. The second-order valence-electron chi connectivity index (χ2n) is 5.27. The zero-order valence-electron chi connectivity index (χ0n) is 13.2. The summed E-state index contributed by atoms with van der Waals surface area (Å²) in [6.07, 6.45) is 1.76. The minimum atomic E-state index is 0.569. The number of nitrogens with one attached hydrogen (secondary N) is 2.